The minimum Gasteiger partial charge on any atom is -0.481 e. The van der Waals surface area contributed by atoms with Gasteiger partial charge in [-0.25, -0.2) is 8.42 Å². The lowest BCUT2D eigenvalue weighted by molar-refractivity contribution is -0.139. The molecule has 25 heavy (non-hydrogen) atoms. The normalized spacial score (nSPS) is 17.4. The monoisotopic (exact) mass is 371 g/mol. The molecule has 0 aromatic heterocycles. The van der Waals surface area contributed by atoms with E-state index in [0.29, 0.717) is 17.7 Å². The maximum atomic E-state index is 12.8. The Morgan fingerprint density at radius 2 is 1.68 bits per heavy atom. The van der Waals surface area contributed by atoms with Crippen molar-refractivity contribution < 1.29 is 31.5 Å². The van der Waals surface area contributed by atoms with Crippen LogP contribution in [-0.4, -0.2) is 26.0 Å². The minimum atomic E-state index is -4.57. The summed E-state index contributed by atoms with van der Waals surface area (Å²) >= 11 is 0. The number of halogens is 3. The number of benzene rings is 2. The van der Waals surface area contributed by atoms with E-state index in [0.717, 1.165) is 16.4 Å². The summed E-state index contributed by atoms with van der Waals surface area (Å²) in [4.78, 5) is 11.0. The third kappa shape index (κ3) is 2.95. The summed E-state index contributed by atoms with van der Waals surface area (Å²) in [5, 5.41) is 9.29. The second kappa shape index (κ2) is 5.76. The Kier molecular flexibility index (Phi) is 3.98. The highest BCUT2D eigenvalue weighted by Gasteiger charge is 2.40. The van der Waals surface area contributed by atoms with Gasteiger partial charge in [-0.2, -0.15) is 13.2 Å². The zero-order chi connectivity index (χ0) is 18.4. The highest BCUT2D eigenvalue weighted by Crippen LogP contribution is 2.40. The maximum Gasteiger partial charge on any atom is 0.416 e. The smallest absolute Gasteiger partial charge is 0.416 e. The molecule has 0 aliphatic carbocycles. The van der Waals surface area contributed by atoms with Crippen molar-refractivity contribution in [1.82, 2.24) is 0 Å². The van der Waals surface area contributed by atoms with E-state index in [1.807, 2.05) is 0 Å². The number of anilines is 1. The van der Waals surface area contributed by atoms with Gasteiger partial charge in [-0.3, -0.25) is 9.10 Å². The van der Waals surface area contributed by atoms with Gasteiger partial charge in [0.15, 0.2) is 0 Å². The first-order chi connectivity index (χ1) is 11.6. The predicted molar refractivity (Wildman–Crippen MR) is 82.8 cm³/mol. The van der Waals surface area contributed by atoms with Crippen LogP contribution in [-0.2, 0) is 21.0 Å². The Bertz CT molecular complexity index is 923. The van der Waals surface area contributed by atoms with Crippen LogP contribution in [0.4, 0.5) is 18.9 Å². The van der Waals surface area contributed by atoms with Crippen LogP contribution in [0, 0.1) is 0 Å². The second-order valence-corrected chi connectivity index (χ2v) is 7.37. The van der Waals surface area contributed by atoms with Crippen LogP contribution in [0.25, 0.3) is 0 Å². The van der Waals surface area contributed by atoms with Crippen LogP contribution in [0.15, 0.2) is 53.4 Å². The number of hydrogen-bond acceptors (Lipinski definition) is 3. The van der Waals surface area contributed by atoms with Crippen molar-refractivity contribution in [2.45, 2.75) is 17.0 Å². The molecule has 0 fully saturated rings. The summed E-state index contributed by atoms with van der Waals surface area (Å²) < 4.78 is 64.4. The average molecular weight is 371 g/mol. The minimum absolute atomic E-state index is 0.217. The van der Waals surface area contributed by atoms with Crippen LogP contribution in [0.5, 0.6) is 0 Å². The molecule has 1 heterocycles. The molecular formula is C16H12F3NO4S. The molecule has 1 aliphatic heterocycles. The standard InChI is InChI=1S/C16H12F3NO4S/c17-16(18,19)10-5-7-11(8-6-10)25(23,24)20-9-13(15(21)22)12-3-1-2-4-14(12)20/h1-8,13H,9H2,(H,21,22)/t13-/m0/s1. The fourth-order valence-corrected chi connectivity index (χ4v) is 4.26. The molecule has 0 saturated carbocycles. The van der Waals surface area contributed by atoms with E-state index in [1.54, 1.807) is 12.1 Å². The van der Waals surface area contributed by atoms with E-state index in [1.165, 1.54) is 12.1 Å². The van der Waals surface area contributed by atoms with Crippen molar-refractivity contribution in [2.75, 3.05) is 10.8 Å². The fourth-order valence-electron chi connectivity index (χ4n) is 2.75. The van der Waals surface area contributed by atoms with Crippen LogP contribution < -0.4 is 4.31 Å². The number of para-hydroxylation sites is 1. The molecule has 1 N–H and O–H groups in total. The van der Waals surface area contributed by atoms with Crippen molar-refractivity contribution in [3.63, 3.8) is 0 Å². The largest absolute Gasteiger partial charge is 0.481 e. The third-order valence-electron chi connectivity index (χ3n) is 4.00. The quantitative estimate of drug-likeness (QED) is 0.900. The van der Waals surface area contributed by atoms with E-state index in [4.69, 9.17) is 0 Å². The molecular weight excluding hydrogens is 359 g/mol. The molecule has 1 aliphatic rings. The first-order valence-electron chi connectivity index (χ1n) is 7.14. The summed E-state index contributed by atoms with van der Waals surface area (Å²) in [7, 11) is -4.18. The summed E-state index contributed by atoms with van der Waals surface area (Å²) in [6.07, 6.45) is -4.57. The molecule has 3 rings (SSSR count). The van der Waals surface area contributed by atoms with Gasteiger partial charge in [0.1, 0.15) is 5.92 Å². The van der Waals surface area contributed by atoms with Crippen molar-refractivity contribution in [2.24, 2.45) is 0 Å². The Hall–Kier alpha value is -2.55. The summed E-state index contributed by atoms with van der Waals surface area (Å²) in [6, 6.07) is 9.27. The van der Waals surface area contributed by atoms with Gasteiger partial charge in [-0.05, 0) is 35.9 Å². The molecule has 0 saturated heterocycles. The number of carboxylic acid groups (broad SMARTS) is 1. The van der Waals surface area contributed by atoms with Gasteiger partial charge in [-0.1, -0.05) is 18.2 Å². The van der Waals surface area contributed by atoms with Crippen molar-refractivity contribution in [1.29, 1.82) is 0 Å². The summed E-state index contributed by atoms with van der Waals surface area (Å²) in [5.41, 5.74) is -0.392. The van der Waals surface area contributed by atoms with Gasteiger partial charge in [0.25, 0.3) is 10.0 Å². The molecule has 0 amide bonds. The first-order valence-corrected chi connectivity index (χ1v) is 8.58. The van der Waals surface area contributed by atoms with Gasteiger partial charge in [0, 0.05) is 0 Å². The number of fused-ring (bicyclic) bond motifs is 1. The summed E-state index contributed by atoms with van der Waals surface area (Å²) in [6.45, 7) is -0.308. The highest BCUT2D eigenvalue weighted by molar-refractivity contribution is 7.92. The zero-order valence-corrected chi connectivity index (χ0v) is 13.4. The number of carboxylic acids is 1. The van der Waals surface area contributed by atoms with E-state index < -0.39 is 33.7 Å². The number of sulfonamides is 1. The van der Waals surface area contributed by atoms with Crippen LogP contribution in [0.1, 0.15) is 17.0 Å². The lowest BCUT2D eigenvalue weighted by atomic mass is 10.0. The van der Waals surface area contributed by atoms with Crippen LogP contribution in [0.2, 0.25) is 0 Å². The molecule has 2 aromatic rings. The average Bonchev–Trinajstić information content (AvgIpc) is 2.95. The SMILES string of the molecule is O=C(O)[C@H]1CN(S(=O)(=O)c2ccc(C(F)(F)F)cc2)c2ccccc21. The van der Waals surface area contributed by atoms with Gasteiger partial charge in [0.2, 0.25) is 0 Å². The number of carbonyl (C=O) groups is 1. The number of alkyl halides is 3. The molecule has 5 nitrogen and oxygen atoms in total. The Morgan fingerprint density at radius 3 is 2.24 bits per heavy atom. The van der Waals surface area contributed by atoms with E-state index in [2.05, 4.69) is 0 Å². The Labute approximate surface area is 141 Å². The second-order valence-electron chi connectivity index (χ2n) is 5.51. The molecule has 0 unspecified atom stereocenters. The zero-order valence-electron chi connectivity index (χ0n) is 12.6. The fraction of sp³-hybridized carbons (Fsp3) is 0.188. The van der Waals surface area contributed by atoms with E-state index in [9.17, 15) is 31.5 Å². The number of rotatable bonds is 3. The maximum absolute atomic E-state index is 12.8. The highest BCUT2D eigenvalue weighted by atomic mass is 32.2. The van der Waals surface area contributed by atoms with Crippen molar-refractivity contribution >= 4 is 21.7 Å². The van der Waals surface area contributed by atoms with E-state index >= 15 is 0 Å². The van der Waals surface area contributed by atoms with Crippen molar-refractivity contribution in [3.8, 4) is 0 Å². The Morgan fingerprint density at radius 1 is 1.08 bits per heavy atom. The lowest BCUT2D eigenvalue weighted by Crippen LogP contribution is -2.31. The van der Waals surface area contributed by atoms with Gasteiger partial charge in [-0.15, -0.1) is 0 Å². The lowest BCUT2D eigenvalue weighted by Gasteiger charge is -2.20. The molecule has 2 aromatic carbocycles. The Balaban J connectivity index is 2.03. The molecule has 132 valence electrons. The topological polar surface area (TPSA) is 74.7 Å². The van der Waals surface area contributed by atoms with Crippen molar-refractivity contribution in [3.05, 3.63) is 59.7 Å². The number of aliphatic carboxylic acids is 1. The molecule has 0 radical (unpaired) electrons. The predicted octanol–water partition coefficient (Wildman–Crippen LogP) is 3.08. The van der Waals surface area contributed by atoms with Gasteiger partial charge >= 0.3 is 12.1 Å². The summed E-state index contributed by atoms with van der Waals surface area (Å²) in [5.74, 6) is -2.20. The molecule has 1 atom stereocenters. The van der Waals surface area contributed by atoms with E-state index in [-0.39, 0.29) is 17.1 Å². The van der Waals surface area contributed by atoms with Gasteiger partial charge in [0.05, 0.1) is 22.7 Å². The molecule has 0 bridgehead atoms. The van der Waals surface area contributed by atoms with Crippen LogP contribution >= 0.6 is 0 Å². The third-order valence-corrected chi connectivity index (χ3v) is 5.79. The number of nitrogens with zero attached hydrogens (tertiary/aromatic N) is 1. The first kappa shape index (κ1) is 17.3. The van der Waals surface area contributed by atoms with Crippen LogP contribution in [0.3, 0.4) is 0 Å². The van der Waals surface area contributed by atoms with Gasteiger partial charge < -0.3 is 5.11 Å². The molecule has 0 spiro atoms. The molecule has 9 heteroatoms. The number of hydrogen-bond donors (Lipinski definition) is 1.